The molecule has 1 heterocycles. The van der Waals surface area contributed by atoms with Crippen molar-refractivity contribution in [2.45, 2.75) is 20.8 Å². The van der Waals surface area contributed by atoms with Crippen molar-refractivity contribution >= 4 is 28.7 Å². The minimum Gasteiger partial charge on any atom is -0.372 e. The minimum atomic E-state index is -0.683. The van der Waals surface area contributed by atoms with Gasteiger partial charge in [0.05, 0.1) is 0 Å². The van der Waals surface area contributed by atoms with Crippen molar-refractivity contribution in [2.75, 3.05) is 28.6 Å². The third-order valence-corrected chi connectivity index (χ3v) is 4.32. The maximum Gasteiger partial charge on any atom is 0.149 e. The smallest absolute Gasteiger partial charge is 0.149 e. The van der Waals surface area contributed by atoms with Crippen LogP contribution in [-0.4, -0.2) is 23.1 Å². The van der Waals surface area contributed by atoms with Crippen molar-refractivity contribution in [3.63, 3.8) is 0 Å². The van der Waals surface area contributed by atoms with Crippen molar-refractivity contribution in [1.82, 2.24) is 9.97 Å². The Bertz CT molecular complexity index is 920. The van der Waals surface area contributed by atoms with Crippen molar-refractivity contribution in [3.8, 4) is 0 Å². The molecule has 0 spiro atoms. The summed E-state index contributed by atoms with van der Waals surface area (Å²) in [6, 6.07) is 13.3. The summed E-state index contributed by atoms with van der Waals surface area (Å²) >= 11 is 0. The molecule has 2 N–H and O–H groups in total. The van der Waals surface area contributed by atoms with E-state index in [9.17, 15) is 8.78 Å². The number of para-hydroxylation sites is 1. The maximum atomic E-state index is 13.9. The van der Waals surface area contributed by atoms with E-state index in [1.807, 2.05) is 24.3 Å². The summed E-state index contributed by atoms with van der Waals surface area (Å²) in [5, 5.41) is 5.90. The van der Waals surface area contributed by atoms with Gasteiger partial charge in [-0.2, -0.15) is 0 Å². The molecular formula is C21H23F2N5. The van der Waals surface area contributed by atoms with E-state index in [0.717, 1.165) is 24.5 Å². The molecule has 0 saturated heterocycles. The molecule has 146 valence electrons. The molecule has 0 bridgehead atoms. The Morgan fingerprint density at radius 2 is 1.43 bits per heavy atom. The van der Waals surface area contributed by atoms with Crippen LogP contribution in [0.4, 0.5) is 37.5 Å². The number of rotatable bonds is 7. The van der Waals surface area contributed by atoms with E-state index in [1.165, 1.54) is 18.2 Å². The highest BCUT2D eigenvalue weighted by molar-refractivity contribution is 5.65. The Morgan fingerprint density at radius 1 is 0.857 bits per heavy atom. The van der Waals surface area contributed by atoms with Gasteiger partial charge >= 0.3 is 0 Å². The summed E-state index contributed by atoms with van der Waals surface area (Å²) in [7, 11) is 0. The van der Waals surface area contributed by atoms with Gasteiger partial charge in [-0.25, -0.2) is 18.7 Å². The van der Waals surface area contributed by atoms with Crippen molar-refractivity contribution in [1.29, 1.82) is 0 Å². The van der Waals surface area contributed by atoms with Crippen LogP contribution in [0.2, 0.25) is 0 Å². The van der Waals surface area contributed by atoms with E-state index in [0.29, 0.717) is 17.5 Å². The summed E-state index contributed by atoms with van der Waals surface area (Å²) in [6.07, 6.45) is 0. The number of halogens is 2. The number of nitrogens with zero attached hydrogens (tertiary/aromatic N) is 3. The average molecular weight is 383 g/mol. The lowest BCUT2D eigenvalue weighted by Crippen LogP contribution is -2.21. The molecule has 7 heteroatoms. The van der Waals surface area contributed by atoms with Crippen LogP contribution < -0.4 is 15.5 Å². The van der Waals surface area contributed by atoms with Crippen molar-refractivity contribution in [2.24, 2.45) is 0 Å². The zero-order valence-electron chi connectivity index (χ0n) is 16.1. The Hall–Kier alpha value is -3.22. The molecule has 0 fully saturated rings. The molecule has 3 rings (SSSR count). The summed E-state index contributed by atoms with van der Waals surface area (Å²) in [5.74, 6) is -0.0550. The van der Waals surface area contributed by atoms with Gasteiger partial charge in [-0.1, -0.05) is 6.07 Å². The van der Waals surface area contributed by atoms with Crippen LogP contribution in [0.5, 0.6) is 0 Å². The lowest BCUT2D eigenvalue weighted by molar-refractivity contribution is 0.590. The number of anilines is 5. The summed E-state index contributed by atoms with van der Waals surface area (Å²) in [6.45, 7) is 7.84. The van der Waals surface area contributed by atoms with Crippen LogP contribution in [0.3, 0.4) is 0 Å². The molecule has 3 aromatic rings. The molecule has 0 saturated carbocycles. The van der Waals surface area contributed by atoms with Gasteiger partial charge in [0.1, 0.15) is 34.8 Å². The molecule has 0 unspecified atom stereocenters. The molecule has 0 aliphatic heterocycles. The molecular weight excluding hydrogens is 360 g/mol. The van der Waals surface area contributed by atoms with Gasteiger partial charge in [0.2, 0.25) is 0 Å². The molecule has 2 aromatic carbocycles. The number of hydrogen-bond donors (Lipinski definition) is 2. The first-order chi connectivity index (χ1) is 13.5. The lowest BCUT2D eigenvalue weighted by atomic mass is 10.2. The fourth-order valence-corrected chi connectivity index (χ4v) is 2.93. The number of hydrogen-bond acceptors (Lipinski definition) is 5. The van der Waals surface area contributed by atoms with Crippen LogP contribution in [0.25, 0.3) is 0 Å². The van der Waals surface area contributed by atoms with Crippen LogP contribution in [0, 0.1) is 18.6 Å². The van der Waals surface area contributed by atoms with Crippen molar-refractivity contribution < 1.29 is 8.78 Å². The third kappa shape index (κ3) is 4.54. The first-order valence-electron chi connectivity index (χ1n) is 9.19. The number of nitrogens with one attached hydrogen (secondary N) is 2. The van der Waals surface area contributed by atoms with Gasteiger partial charge in [0.25, 0.3) is 0 Å². The highest BCUT2D eigenvalue weighted by Crippen LogP contribution is 2.25. The first-order valence-corrected chi connectivity index (χ1v) is 9.19. The lowest BCUT2D eigenvalue weighted by Gasteiger charge is -2.21. The first kappa shape index (κ1) is 19.5. The molecule has 0 radical (unpaired) electrons. The summed E-state index contributed by atoms with van der Waals surface area (Å²) in [4.78, 5) is 10.8. The van der Waals surface area contributed by atoms with E-state index < -0.39 is 11.6 Å². The number of aryl methyl sites for hydroxylation is 1. The van der Waals surface area contributed by atoms with E-state index in [-0.39, 0.29) is 5.69 Å². The van der Waals surface area contributed by atoms with E-state index in [1.54, 1.807) is 13.0 Å². The fraction of sp³-hybridized carbons (Fsp3) is 0.238. The van der Waals surface area contributed by atoms with Gasteiger partial charge < -0.3 is 15.5 Å². The second kappa shape index (κ2) is 8.65. The Morgan fingerprint density at radius 3 is 2.00 bits per heavy atom. The normalized spacial score (nSPS) is 10.6. The molecule has 1 aromatic heterocycles. The standard InChI is InChI=1S/C21H23F2N5/c1-4-28(5-2)16-11-9-15(10-12-16)26-19-13-20(25-14(3)24-19)27-21-17(22)7-6-8-18(21)23/h6-13H,4-5H2,1-3H3,(H2,24,25,26,27). The van der Waals surface area contributed by atoms with Gasteiger partial charge in [-0.15, -0.1) is 0 Å². The van der Waals surface area contributed by atoms with Gasteiger partial charge in [-0.3, -0.25) is 0 Å². The predicted molar refractivity (Wildman–Crippen MR) is 110 cm³/mol. The largest absolute Gasteiger partial charge is 0.372 e. The topological polar surface area (TPSA) is 53.1 Å². The van der Waals surface area contributed by atoms with Gasteiger partial charge in [0, 0.05) is 30.5 Å². The van der Waals surface area contributed by atoms with Crippen LogP contribution >= 0.6 is 0 Å². The van der Waals surface area contributed by atoms with Crippen molar-refractivity contribution in [3.05, 3.63) is 66.0 Å². The number of benzene rings is 2. The Kier molecular flexibility index (Phi) is 6.03. The number of aromatic nitrogens is 2. The Labute approximate surface area is 163 Å². The van der Waals surface area contributed by atoms with E-state index in [4.69, 9.17) is 0 Å². The summed E-state index contributed by atoms with van der Waals surface area (Å²) < 4.78 is 27.8. The van der Waals surface area contributed by atoms with E-state index in [2.05, 4.69) is 39.3 Å². The van der Waals surface area contributed by atoms with Crippen LogP contribution in [0.1, 0.15) is 19.7 Å². The molecule has 0 aliphatic rings. The second-order valence-corrected chi connectivity index (χ2v) is 6.25. The van der Waals surface area contributed by atoms with Gasteiger partial charge in [0.15, 0.2) is 0 Å². The van der Waals surface area contributed by atoms with Crippen LogP contribution in [0.15, 0.2) is 48.5 Å². The van der Waals surface area contributed by atoms with Gasteiger partial charge in [-0.05, 0) is 57.2 Å². The SMILES string of the molecule is CCN(CC)c1ccc(Nc2cc(Nc3c(F)cccc3F)nc(C)n2)cc1. The molecule has 0 atom stereocenters. The highest BCUT2D eigenvalue weighted by atomic mass is 19.1. The maximum absolute atomic E-state index is 13.9. The van der Waals surface area contributed by atoms with E-state index >= 15 is 0 Å². The predicted octanol–water partition coefficient (Wildman–Crippen LogP) is 5.40. The summed E-state index contributed by atoms with van der Waals surface area (Å²) in [5.41, 5.74) is 1.76. The molecule has 28 heavy (non-hydrogen) atoms. The van der Waals surface area contributed by atoms with Crippen LogP contribution in [-0.2, 0) is 0 Å². The monoisotopic (exact) mass is 383 g/mol. The molecule has 0 aliphatic carbocycles. The molecule has 5 nitrogen and oxygen atoms in total. The Balaban J connectivity index is 1.80. The second-order valence-electron chi connectivity index (χ2n) is 6.25. The third-order valence-electron chi connectivity index (χ3n) is 4.32. The average Bonchev–Trinajstić information content (AvgIpc) is 2.67. The molecule has 0 amide bonds. The quantitative estimate of drug-likeness (QED) is 0.572. The zero-order valence-corrected chi connectivity index (χ0v) is 16.1. The highest BCUT2D eigenvalue weighted by Gasteiger charge is 2.11. The minimum absolute atomic E-state index is 0.241. The zero-order chi connectivity index (χ0) is 20.1. The fourth-order valence-electron chi connectivity index (χ4n) is 2.93.